The van der Waals surface area contributed by atoms with Crippen LogP contribution in [0.5, 0.6) is 5.75 Å². The van der Waals surface area contributed by atoms with E-state index in [1.54, 1.807) is 0 Å². The van der Waals surface area contributed by atoms with Gasteiger partial charge in [0.2, 0.25) is 5.91 Å². The molecule has 1 fully saturated rings. The number of aryl methyl sites for hydroxylation is 1. The van der Waals surface area contributed by atoms with Crippen molar-refractivity contribution < 1.29 is 24.5 Å². The molecule has 2 aromatic carbocycles. The molecule has 1 aliphatic rings. The third kappa shape index (κ3) is 8.71. The topological polar surface area (TPSA) is 99.1 Å². The van der Waals surface area contributed by atoms with Gasteiger partial charge in [-0.05, 0) is 82.2 Å². The number of hydrogen-bond acceptors (Lipinski definition) is 5. The monoisotopic (exact) mass is 516 g/mol. The highest BCUT2D eigenvalue weighted by molar-refractivity contribution is 6.30. The summed E-state index contributed by atoms with van der Waals surface area (Å²) in [7, 11) is 0. The Kier molecular flexibility index (Phi) is 10.4. The van der Waals surface area contributed by atoms with Crippen LogP contribution in [0.15, 0.2) is 48.5 Å². The first kappa shape index (κ1) is 27.8. The first-order valence-corrected chi connectivity index (χ1v) is 13.1. The van der Waals surface area contributed by atoms with Gasteiger partial charge in [0, 0.05) is 29.2 Å². The zero-order valence-corrected chi connectivity index (χ0v) is 21.8. The van der Waals surface area contributed by atoms with Gasteiger partial charge in [-0.15, -0.1) is 0 Å². The molecule has 0 unspecified atom stereocenters. The Balaban J connectivity index is 1.58. The lowest BCUT2D eigenvalue weighted by molar-refractivity contribution is -0.146. The minimum Gasteiger partial charge on any atom is -0.491 e. The van der Waals surface area contributed by atoms with E-state index in [1.807, 2.05) is 62.4 Å². The van der Waals surface area contributed by atoms with Gasteiger partial charge in [-0.1, -0.05) is 29.8 Å². The maximum Gasteiger partial charge on any atom is 0.323 e. The van der Waals surface area contributed by atoms with E-state index in [0.717, 1.165) is 23.4 Å². The molecule has 8 heteroatoms. The van der Waals surface area contributed by atoms with Crippen LogP contribution in [0.4, 0.5) is 5.69 Å². The Labute approximate surface area is 218 Å². The summed E-state index contributed by atoms with van der Waals surface area (Å²) < 4.78 is 5.76. The number of aliphatic hydroxyl groups excluding tert-OH is 1. The van der Waals surface area contributed by atoms with E-state index in [0.29, 0.717) is 43.7 Å². The highest BCUT2D eigenvalue weighted by Gasteiger charge is 2.32. The average Bonchev–Trinajstić information content (AvgIpc) is 3.00. The fraction of sp³-hybridized carbons (Fsp3) is 0.500. The number of carbonyl (C=O) groups excluding carboxylic acids is 1. The number of carboxylic acid groups (broad SMARTS) is 1. The second kappa shape index (κ2) is 13.5. The number of amides is 1. The number of benzene rings is 2. The lowest BCUT2D eigenvalue weighted by atomic mass is 9.98. The lowest BCUT2D eigenvalue weighted by Gasteiger charge is -2.25. The van der Waals surface area contributed by atoms with Crippen LogP contribution in [-0.4, -0.2) is 58.3 Å². The van der Waals surface area contributed by atoms with Crippen LogP contribution in [0.25, 0.3) is 0 Å². The van der Waals surface area contributed by atoms with Gasteiger partial charge < -0.3 is 25.2 Å². The van der Waals surface area contributed by atoms with Gasteiger partial charge in [0.1, 0.15) is 12.3 Å². The first-order chi connectivity index (χ1) is 17.2. The number of aliphatic carboxylic acids is 1. The molecule has 0 aromatic heterocycles. The van der Waals surface area contributed by atoms with E-state index in [4.69, 9.17) is 16.3 Å². The van der Waals surface area contributed by atoms with Crippen molar-refractivity contribution in [1.82, 2.24) is 4.90 Å². The molecule has 3 atom stereocenters. The molecule has 1 aliphatic carbocycles. The number of carboxylic acids is 1. The minimum absolute atomic E-state index is 0.0652. The number of carbonyl (C=O) groups is 2. The number of nitrogens with zero attached hydrogens (tertiary/aromatic N) is 1. The van der Waals surface area contributed by atoms with Crippen LogP contribution < -0.4 is 10.1 Å². The van der Waals surface area contributed by atoms with Crippen LogP contribution in [0.1, 0.15) is 51.5 Å². The van der Waals surface area contributed by atoms with Crippen LogP contribution in [-0.2, 0) is 16.0 Å². The average molecular weight is 517 g/mol. The molecular weight excluding hydrogens is 480 g/mol. The summed E-state index contributed by atoms with van der Waals surface area (Å²) in [6.45, 7) is 4.00. The van der Waals surface area contributed by atoms with Crippen LogP contribution in [0, 0.1) is 5.92 Å². The summed E-state index contributed by atoms with van der Waals surface area (Å²) in [4.78, 5) is 26.2. The van der Waals surface area contributed by atoms with E-state index in [9.17, 15) is 19.8 Å². The number of halogens is 1. The molecule has 0 heterocycles. The largest absolute Gasteiger partial charge is 0.491 e. The van der Waals surface area contributed by atoms with E-state index in [-0.39, 0.29) is 30.5 Å². The normalized spacial score (nSPS) is 20.0. The Morgan fingerprint density at radius 3 is 2.53 bits per heavy atom. The SMILES string of the molecule is CC(C)Oc1cccc(N[C@H]2CC[C@@H](C(=O)N(CCCc3ccc(Cl)cc3)CC(=O)O)CC[C@@H]2O)c1. The predicted octanol–water partition coefficient (Wildman–Crippen LogP) is 5.00. The maximum atomic E-state index is 13.3. The number of hydrogen-bond donors (Lipinski definition) is 3. The maximum absolute atomic E-state index is 13.3. The van der Waals surface area contributed by atoms with Crippen molar-refractivity contribution in [2.45, 2.75) is 70.6 Å². The highest BCUT2D eigenvalue weighted by atomic mass is 35.5. The Bertz CT molecular complexity index is 998. The molecule has 0 radical (unpaired) electrons. The third-order valence-corrected chi connectivity index (χ3v) is 6.71. The summed E-state index contributed by atoms with van der Waals surface area (Å²) in [5.74, 6) is -0.716. The zero-order valence-electron chi connectivity index (χ0n) is 21.0. The lowest BCUT2D eigenvalue weighted by Crippen LogP contribution is -2.40. The quantitative estimate of drug-likeness (QED) is 0.363. The van der Waals surface area contributed by atoms with Crippen LogP contribution >= 0.6 is 11.6 Å². The summed E-state index contributed by atoms with van der Waals surface area (Å²) in [5.41, 5.74) is 1.95. The second-order valence-electron chi connectivity index (χ2n) is 9.75. The Hall–Kier alpha value is -2.77. The van der Waals surface area contributed by atoms with Crippen molar-refractivity contribution in [2.24, 2.45) is 5.92 Å². The minimum atomic E-state index is -1.02. The molecule has 0 aliphatic heterocycles. The molecule has 0 saturated heterocycles. The van der Waals surface area contributed by atoms with Gasteiger partial charge >= 0.3 is 5.97 Å². The standard InChI is InChI=1S/C28H37ClN2O5/c1-19(2)36-24-7-3-6-23(17-24)30-25-14-10-21(11-15-26(25)32)28(35)31(18-27(33)34)16-4-5-20-8-12-22(29)13-9-20/h3,6-9,12-13,17,19,21,25-26,30,32H,4-5,10-11,14-16,18H2,1-2H3,(H,33,34)/t21-,25+,26+/m1/s1. The molecule has 1 saturated carbocycles. The van der Waals surface area contributed by atoms with Gasteiger partial charge in [-0.25, -0.2) is 0 Å². The number of rotatable bonds is 11. The molecule has 0 bridgehead atoms. The third-order valence-electron chi connectivity index (χ3n) is 6.45. The van der Waals surface area contributed by atoms with Crippen molar-refractivity contribution in [3.8, 4) is 5.75 Å². The molecule has 1 amide bonds. The summed E-state index contributed by atoms with van der Waals surface area (Å²) in [6.07, 6.45) is 3.06. The molecule has 3 N–H and O–H groups in total. The molecule has 196 valence electrons. The predicted molar refractivity (Wildman–Crippen MR) is 142 cm³/mol. The summed E-state index contributed by atoms with van der Waals surface area (Å²) >= 11 is 5.94. The van der Waals surface area contributed by atoms with Gasteiger partial charge in [0.05, 0.1) is 18.2 Å². The summed E-state index contributed by atoms with van der Waals surface area (Å²) in [6, 6.07) is 15.0. The zero-order chi connectivity index (χ0) is 26.1. The molecule has 36 heavy (non-hydrogen) atoms. The summed E-state index contributed by atoms with van der Waals surface area (Å²) in [5, 5.41) is 24.2. The van der Waals surface area contributed by atoms with E-state index in [1.165, 1.54) is 4.90 Å². The highest BCUT2D eigenvalue weighted by Crippen LogP contribution is 2.29. The number of nitrogens with one attached hydrogen (secondary N) is 1. The smallest absolute Gasteiger partial charge is 0.323 e. The molecule has 7 nitrogen and oxygen atoms in total. The van der Waals surface area contributed by atoms with Gasteiger partial charge in [-0.3, -0.25) is 9.59 Å². The van der Waals surface area contributed by atoms with E-state index >= 15 is 0 Å². The fourth-order valence-corrected chi connectivity index (χ4v) is 4.79. The van der Waals surface area contributed by atoms with E-state index < -0.39 is 12.1 Å². The van der Waals surface area contributed by atoms with E-state index in [2.05, 4.69) is 5.32 Å². The molecular formula is C28H37ClN2O5. The van der Waals surface area contributed by atoms with Crippen molar-refractivity contribution in [3.05, 3.63) is 59.1 Å². The first-order valence-electron chi connectivity index (χ1n) is 12.7. The Morgan fingerprint density at radius 1 is 1.11 bits per heavy atom. The van der Waals surface area contributed by atoms with Crippen LogP contribution in [0.2, 0.25) is 5.02 Å². The Morgan fingerprint density at radius 2 is 1.83 bits per heavy atom. The molecule has 2 aromatic rings. The van der Waals surface area contributed by atoms with Crippen LogP contribution in [0.3, 0.4) is 0 Å². The van der Waals surface area contributed by atoms with Crippen molar-refractivity contribution >= 4 is 29.2 Å². The number of ether oxygens (including phenoxy) is 1. The van der Waals surface area contributed by atoms with Crippen molar-refractivity contribution in [3.63, 3.8) is 0 Å². The fourth-order valence-electron chi connectivity index (χ4n) is 4.67. The van der Waals surface area contributed by atoms with Crippen molar-refractivity contribution in [2.75, 3.05) is 18.4 Å². The second-order valence-corrected chi connectivity index (χ2v) is 10.2. The number of aliphatic hydroxyl groups is 1. The van der Waals surface area contributed by atoms with Gasteiger partial charge in [0.25, 0.3) is 0 Å². The van der Waals surface area contributed by atoms with Gasteiger partial charge in [-0.2, -0.15) is 0 Å². The van der Waals surface area contributed by atoms with Crippen molar-refractivity contribution in [1.29, 1.82) is 0 Å². The molecule has 3 rings (SSSR count). The van der Waals surface area contributed by atoms with Gasteiger partial charge in [0.15, 0.2) is 0 Å². The molecule has 0 spiro atoms. The number of anilines is 1.